The van der Waals surface area contributed by atoms with Crippen LogP contribution in [0.15, 0.2) is 23.8 Å². The van der Waals surface area contributed by atoms with Gasteiger partial charge in [-0.05, 0) is 64.2 Å². The molecule has 1 nitrogen and oxygen atoms in total. The summed E-state index contributed by atoms with van der Waals surface area (Å²) in [5.74, 6) is 1.21. The Morgan fingerprint density at radius 3 is 2.78 bits per heavy atom. The average molecular weight is 316 g/mol. The normalized spacial score (nSPS) is 25.2. The van der Waals surface area contributed by atoms with E-state index >= 15 is 0 Å². The zero-order chi connectivity index (χ0) is 16.6. The Labute approximate surface area is 139 Å². The molecule has 2 heteroatoms. The first-order chi connectivity index (χ1) is 10.9. The number of halogens is 1. The molecule has 2 atom stereocenters. The van der Waals surface area contributed by atoms with Crippen molar-refractivity contribution >= 4 is 0 Å². The second-order valence-corrected chi connectivity index (χ2v) is 7.84. The molecule has 1 heterocycles. The van der Waals surface area contributed by atoms with Gasteiger partial charge in [0.1, 0.15) is 17.2 Å². The number of benzene rings is 1. The Morgan fingerprint density at radius 2 is 2.04 bits per heavy atom. The maximum atomic E-state index is 14.9. The third-order valence-corrected chi connectivity index (χ3v) is 5.57. The Hall–Kier alpha value is -1.31. The van der Waals surface area contributed by atoms with Crippen molar-refractivity contribution in [1.82, 2.24) is 0 Å². The summed E-state index contributed by atoms with van der Waals surface area (Å²) < 4.78 is 21.2. The number of allylic oxidation sites excluding steroid dienone is 2. The van der Waals surface area contributed by atoms with Gasteiger partial charge in [0, 0.05) is 17.4 Å². The van der Waals surface area contributed by atoms with Gasteiger partial charge in [0.2, 0.25) is 0 Å². The third kappa shape index (κ3) is 3.18. The molecular weight excluding hydrogens is 287 g/mol. The fourth-order valence-corrected chi connectivity index (χ4v) is 4.27. The SMILES string of the molecule is CCCCCc1cc(F)c2c(c1)OC(C)(C)C1CCC(C)=CC21. The lowest BCUT2D eigenvalue weighted by Crippen LogP contribution is -2.45. The van der Waals surface area contributed by atoms with Gasteiger partial charge in [0.15, 0.2) is 0 Å². The Morgan fingerprint density at radius 1 is 1.26 bits per heavy atom. The van der Waals surface area contributed by atoms with Gasteiger partial charge >= 0.3 is 0 Å². The first kappa shape index (κ1) is 16.5. The zero-order valence-corrected chi connectivity index (χ0v) is 14.9. The van der Waals surface area contributed by atoms with Gasteiger partial charge in [0.05, 0.1) is 0 Å². The molecule has 2 aliphatic rings. The molecule has 1 aliphatic heterocycles. The average Bonchev–Trinajstić information content (AvgIpc) is 2.46. The molecule has 0 spiro atoms. The van der Waals surface area contributed by atoms with Gasteiger partial charge in [0.25, 0.3) is 0 Å². The van der Waals surface area contributed by atoms with Crippen molar-refractivity contribution in [2.45, 2.75) is 77.7 Å². The lowest BCUT2D eigenvalue weighted by Gasteiger charge is -2.46. The number of fused-ring (bicyclic) bond motifs is 3. The molecule has 126 valence electrons. The fraction of sp³-hybridized carbons (Fsp3) is 0.619. The molecule has 0 N–H and O–H groups in total. The van der Waals surface area contributed by atoms with E-state index < -0.39 is 0 Å². The molecule has 0 amide bonds. The molecule has 0 saturated heterocycles. The van der Waals surface area contributed by atoms with Crippen molar-refractivity contribution in [2.75, 3.05) is 0 Å². The quantitative estimate of drug-likeness (QED) is 0.477. The molecule has 23 heavy (non-hydrogen) atoms. The number of aryl methyl sites for hydroxylation is 1. The van der Waals surface area contributed by atoms with Gasteiger partial charge in [-0.25, -0.2) is 4.39 Å². The van der Waals surface area contributed by atoms with E-state index in [-0.39, 0.29) is 17.3 Å². The number of hydrogen-bond donors (Lipinski definition) is 0. The largest absolute Gasteiger partial charge is 0.487 e. The molecule has 2 unspecified atom stereocenters. The number of ether oxygens (including phenoxy) is 1. The molecule has 3 rings (SSSR count). The number of rotatable bonds is 4. The van der Waals surface area contributed by atoms with Crippen molar-refractivity contribution in [2.24, 2.45) is 5.92 Å². The molecule has 0 fully saturated rings. The van der Waals surface area contributed by atoms with E-state index in [9.17, 15) is 4.39 Å². The Bertz CT molecular complexity index is 615. The minimum absolute atomic E-state index is 0.0783. The first-order valence-electron chi connectivity index (χ1n) is 9.11. The van der Waals surface area contributed by atoms with Crippen molar-refractivity contribution in [3.05, 3.63) is 40.7 Å². The van der Waals surface area contributed by atoms with Crippen LogP contribution in [0, 0.1) is 11.7 Å². The second kappa shape index (κ2) is 6.30. The Kier molecular flexibility index (Phi) is 4.53. The van der Waals surface area contributed by atoms with E-state index in [1.807, 2.05) is 0 Å². The first-order valence-corrected chi connectivity index (χ1v) is 9.11. The molecule has 0 radical (unpaired) electrons. The van der Waals surface area contributed by atoms with E-state index in [1.54, 1.807) is 6.07 Å². The predicted molar refractivity (Wildman–Crippen MR) is 93.6 cm³/mol. The van der Waals surface area contributed by atoms with Crippen molar-refractivity contribution in [1.29, 1.82) is 0 Å². The van der Waals surface area contributed by atoms with Crippen LogP contribution in [0.5, 0.6) is 5.75 Å². The molecule has 0 saturated carbocycles. The van der Waals surface area contributed by atoms with Gasteiger partial charge in [-0.3, -0.25) is 0 Å². The van der Waals surface area contributed by atoms with Gasteiger partial charge < -0.3 is 4.74 Å². The summed E-state index contributed by atoms with van der Waals surface area (Å²) in [4.78, 5) is 0. The highest BCUT2D eigenvalue weighted by molar-refractivity contribution is 5.47. The zero-order valence-electron chi connectivity index (χ0n) is 14.9. The summed E-state index contributed by atoms with van der Waals surface area (Å²) in [5.41, 5.74) is 3.00. The molecule has 1 aromatic rings. The molecule has 0 aromatic heterocycles. The summed E-state index contributed by atoms with van der Waals surface area (Å²) in [5, 5.41) is 0. The lowest BCUT2D eigenvalue weighted by atomic mass is 9.68. The summed E-state index contributed by atoms with van der Waals surface area (Å²) in [6, 6.07) is 3.83. The molecule has 1 aromatic carbocycles. The molecule has 1 aliphatic carbocycles. The highest BCUT2D eigenvalue weighted by Gasteiger charge is 2.45. The predicted octanol–water partition coefficient (Wildman–Crippen LogP) is 6.17. The highest BCUT2D eigenvalue weighted by atomic mass is 19.1. The smallest absolute Gasteiger partial charge is 0.130 e. The van der Waals surface area contributed by atoms with E-state index in [4.69, 9.17) is 4.74 Å². The van der Waals surface area contributed by atoms with Crippen LogP contribution < -0.4 is 4.74 Å². The van der Waals surface area contributed by atoms with Gasteiger partial charge in [-0.2, -0.15) is 0 Å². The fourth-order valence-electron chi connectivity index (χ4n) is 4.27. The van der Waals surface area contributed by atoms with Crippen LogP contribution in [0.3, 0.4) is 0 Å². The van der Waals surface area contributed by atoms with Gasteiger partial charge in [-0.1, -0.05) is 31.4 Å². The van der Waals surface area contributed by atoms with Crippen molar-refractivity contribution in [3.8, 4) is 5.75 Å². The monoisotopic (exact) mass is 316 g/mol. The molecular formula is C21H29FO. The number of hydrogen-bond acceptors (Lipinski definition) is 1. The van der Waals surface area contributed by atoms with E-state index in [0.29, 0.717) is 5.92 Å². The van der Waals surface area contributed by atoms with Crippen LogP contribution in [-0.4, -0.2) is 5.60 Å². The second-order valence-electron chi connectivity index (χ2n) is 7.84. The summed E-state index contributed by atoms with van der Waals surface area (Å²) in [6.07, 6.45) is 8.88. The summed E-state index contributed by atoms with van der Waals surface area (Å²) >= 11 is 0. The van der Waals surface area contributed by atoms with Crippen LogP contribution >= 0.6 is 0 Å². The van der Waals surface area contributed by atoms with Crippen LogP contribution in [0.4, 0.5) is 4.39 Å². The minimum atomic E-state index is -0.233. The lowest BCUT2D eigenvalue weighted by molar-refractivity contribution is 0.0102. The Balaban J connectivity index is 1.99. The maximum Gasteiger partial charge on any atom is 0.130 e. The van der Waals surface area contributed by atoms with E-state index in [1.165, 1.54) is 18.4 Å². The van der Waals surface area contributed by atoms with Crippen molar-refractivity contribution < 1.29 is 9.13 Å². The topological polar surface area (TPSA) is 9.23 Å². The summed E-state index contributed by atoms with van der Waals surface area (Å²) in [7, 11) is 0. The maximum absolute atomic E-state index is 14.9. The molecule has 0 bridgehead atoms. The van der Waals surface area contributed by atoms with E-state index in [0.717, 1.165) is 42.6 Å². The standard InChI is InChI=1S/C21H29FO/c1-5-6-7-8-15-12-18(22)20-16-11-14(2)9-10-17(16)21(3,4)23-19(20)13-15/h11-13,16-17H,5-10H2,1-4H3. The third-order valence-electron chi connectivity index (χ3n) is 5.57. The van der Waals surface area contributed by atoms with Crippen LogP contribution in [0.1, 0.15) is 76.8 Å². The van der Waals surface area contributed by atoms with E-state index in [2.05, 4.69) is 39.8 Å². The van der Waals surface area contributed by atoms with Crippen LogP contribution in [0.25, 0.3) is 0 Å². The summed E-state index contributed by atoms with van der Waals surface area (Å²) in [6.45, 7) is 8.67. The van der Waals surface area contributed by atoms with Gasteiger partial charge in [-0.15, -0.1) is 0 Å². The van der Waals surface area contributed by atoms with Crippen molar-refractivity contribution in [3.63, 3.8) is 0 Å². The van der Waals surface area contributed by atoms with Crippen LogP contribution in [0.2, 0.25) is 0 Å². The minimum Gasteiger partial charge on any atom is -0.487 e. The van der Waals surface area contributed by atoms with Crippen LogP contribution in [-0.2, 0) is 6.42 Å². The highest BCUT2D eigenvalue weighted by Crippen LogP contribution is 2.51. The number of unbranched alkanes of at least 4 members (excludes halogenated alkanes) is 2.